The number of halogens is 2. The highest BCUT2D eigenvalue weighted by Crippen LogP contribution is 2.17. The average molecular weight is 293 g/mol. The zero-order chi connectivity index (χ0) is 9.14. The van der Waals surface area contributed by atoms with Gasteiger partial charge in [-0.3, -0.25) is 4.98 Å². The van der Waals surface area contributed by atoms with Crippen molar-refractivity contribution < 1.29 is 0 Å². The van der Waals surface area contributed by atoms with Crippen LogP contribution in [-0.2, 0) is 10.7 Å². The minimum Gasteiger partial charge on any atom is -0.258 e. The van der Waals surface area contributed by atoms with Gasteiger partial charge in [-0.2, -0.15) is 0 Å². The second-order valence-electron chi connectivity index (χ2n) is 2.74. The second-order valence-corrected chi connectivity index (χ2v) is 3.87. The summed E-state index contributed by atoms with van der Waals surface area (Å²) in [4.78, 5) is 4.46. The van der Waals surface area contributed by atoms with Crippen LogP contribution in [0.3, 0.4) is 0 Å². The SMILES string of the molecule is Cc1nc(C)c(CBr)cc1CBr. The summed E-state index contributed by atoms with van der Waals surface area (Å²) >= 11 is 6.88. The first-order valence-electron chi connectivity index (χ1n) is 3.77. The van der Waals surface area contributed by atoms with Crippen LogP contribution in [-0.4, -0.2) is 4.98 Å². The lowest BCUT2D eigenvalue weighted by Crippen LogP contribution is -1.96. The summed E-state index contributed by atoms with van der Waals surface area (Å²) in [6.07, 6.45) is 0. The van der Waals surface area contributed by atoms with Crippen molar-refractivity contribution in [3.8, 4) is 0 Å². The van der Waals surface area contributed by atoms with E-state index in [-0.39, 0.29) is 0 Å². The lowest BCUT2D eigenvalue weighted by molar-refractivity contribution is 1.05. The van der Waals surface area contributed by atoms with Gasteiger partial charge >= 0.3 is 0 Å². The van der Waals surface area contributed by atoms with Crippen LogP contribution in [0.15, 0.2) is 6.07 Å². The van der Waals surface area contributed by atoms with Gasteiger partial charge in [-0.1, -0.05) is 37.9 Å². The fraction of sp³-hybridized carbons (Fsp3) is 0.444. The van der Waals surface area contributed by atoms with Gasteiger partial charge in [0.05, 0.1) is 0 Å². The molecular weight excluding hydrogens is 282 g/mol. The van der Waals surface area contributed by atoms with Crippen molar-refractivity contribution in [3.05, 3.63) is 28.6 Å². The lowest BCUT2D eigenvalue weighted by atomic mass is 10.1. The van der Waals surface area contributed by atoms with E-state index in [4.69, 9.17) is 0 Å². The first-order valence-corrected chi connectivity index (χ1v) is 6.01. The fourth-order valence-corrected chi connectivity index (χ4v) is 2.22. The molecule has 0 fully saturated rings. The van der Waals surface area contributed by atoms with E-state index in [1.165, 1.54) is 11.1 Å². The van der Waals surface area contributed by atoms with Crippen molar-refractivity contribution in [2.24, 2.45) is 0 Å². The van der Waals surface area contributed by atoms with E-state index in [1.807, 2.05) is 13.8 Å². The molecule has 0 unspecified atom stereocenters. The Bertz CT molecular complexity index is 259. The second kappa shape index (κ2) is 4.38. The highest BCUT2D eigenvalue weighted by atomic mass is 79.9. The van der Waals surface area contributed by atoms with Gasteiger partial charge in [-0.25, -0.2) is 0 Å². The third kappa shape index (κ3) is 2.07. The molecule has 0 aliphatic carbocycles. The van der Waals surface area contributed by atoms with Gasteiger partial charge in [-0.15, -0.1) is 0 Å². The number of aryl methyl sites for hydroxylation is 2. The van der Waals surface area contributed by atoms with E-state index in [2.05, 4.69) is 42.9 Å². The molecule has 12 heavy (non-hydrogen) atoms. The van der Waals surface area contributed by atoms with Crippen LogP contribution in [0.5, 0.6) is 0 Å². The molecule has 0 aliphatic rings. The smallest absolute Gasteiger partial charge is 0.0416 e. The minimum absolute atomic E-state index is 0.881. The Morgan fingerprint density at radius 3 is 1.83 bits per heavy atom. The Morgan fingerprint density at radius 1 is 1.08 bits per heavy atom. The molecule has 1 rings (SSSR count). The molecule has 0 radical (unpaired) electrons. The predicted molar refractivity (Wildman–Crippen MR) is 59.0 cm³/mol. The molecule has 0 N–H and O–H groups in total. The minimum atomic E-state index is 0.881. The molecule has 0 amide bonds. The van der Waals surface area contributed by atoms with Gasteiger partial charge in [0.1, 0.15) is 0 Å². The van der Waals surface area contributed by atoms with E-state index >= 15 is 0 Å². The number of alkyl halides is 2. The normalized spacial score (nSPS) is 10.3. The predicted octanol–water partition coefficient (Wildman–Crippen LogP) is 3.49. The molecule has 1 heterocycles. The Hall–Kier alpha value is 0.110. The number of nitrogens with zero attached hydrogens (tertiary/aromatic N) is 1. The van der Waals surface area contributed by atoms with Gasteiger partial charge in [0.25, 0.3) is 0 Å². The first kappa shape index (κ1) is 10.2. The third-order valence-electron chi connectivity index (χ3n) is 1.90. The zero-order valence-electron chi connectivity index (χ0n) is 7.19. The number of hydrogen-bond acceptors (Lipinski definition) is 1. The molecule has 0 saturated heterocycles. The fourth-order valence-electron chi connectivity index (χ4n) is 1.08. The Labute approximate surface area is 89.8 Å². The van der Waals surface area contributed by atoms with Gasteiger partial charge < -0.3 is 0 Å². The molecule has 3 heteroatoms. The van der Waals surface area contributed by atoms with Crippen molar-refractivity contribution >= 4 is 31.9 Å². The highest BCUT2D eigenvalue weighted by Gasteiger charge is 2.03. The molecule has 0 atom stereocenters. The summed E-state index contributed by atoms with van der Waals surface area (Å²) in [6, 6.07) is 2.20. The Morgan fingerprint density at radius 2 is 1.50 bits per heavy atom. The summed E-state index contributed by atoms with van der Waals surface area (Å²) < 4.78 is 0. The van der Waals surface area contributed by atoms with Crippen LogP contribution < -0.4 is 0 Å². The Kier molecular flexibility index (Phi) is 3.72. The topological polar surface area (TPSA) is 12.9 Å². The van der Waals surface area contributed by atoms with Crippen molar-refractivity contribution in [1.82, 2.24) is 4.98 Å². The number of hydrogen-bond donors (Lipinski definition) is 0. The van der Waals surface area contributed by atoms with E-state index in [0.29, 0.717) is 0 Å². The summed E-state index contributed by atoms with van der Waals surface area (Å²) in [5.41, 5.74) is 4.79. The monoisotopic (exact) mass is 291 g/mol. The van der Waals surface area contributed by atoms with Crippen LogP contribution in [0.1, 0.15) is 22.5 Å². The molecule has 0 aromatic carbocycles. The van der Waals surface area contributed by atoms with Crippen LogP contribution in [0, 0.1) is 13.8 Å². The van der Waals surface area contributed by atoms with Crippen LogP contribution in [0.4, 0.5) is 0 Å². The van der Waals surface area contributed by atoms with Gasteiger partial charge in [-0.05, 0) is 25.0 Å². The molecule has 0 bridgehead atoms. The summed E-state index contributed by atoms with van der Waals surface area (Å²) in [5, 5.41) is 1.76. The summed E-state index contributed by atoms with van der Waals surface area (Å²) in [6.45, 7) is 4.09. The van der Waals surface area contributed by atoms with Gasteiger partial charge in [0.15, 0.2) is 0 Å². The lowest BCUT2D eigenvalue weighted by Gasteiger charge is -2.06. The van der Waals surface area contributed by atoms with E-state index < -0.39 is 0 Å². The van der Waals surface area contributed by atoms with Gasteiger partial charge in [0, 0.05) is 22.0 Å². The standard InChI is InChI=1S/C9H11Br2N/c1-6-8(4-10)3-9(5-11)7(2)12-6/h3H,4-5H2,1-2H3. The Balaban J connectivity index is 3.18. The molecule has 0 spiro atoms. The van der Waals surface area contributed by atoms with Crippen LogP contribution in [0.25, 0.3) is 0 Å². The third-order valence-corrected chi connectivity index (χ3v) is 3.11. The molecular formula is C9H11Br2N. The van der Waals surface area contributed by atoms with E-state index in [1.54, 1.807) is 0 Å². The average Bonchev–Trinajstić information content (AvgIpc) is 2.05. The highest BCUT2D eigenvalue weighted by molar-refractivity contribution is 9.08. The summed E-state index contributed by atoms with van der Waals surface area (Å²) in [5.74, 6) is 0. The van der Waals surface area contributed by atoms with Crippen molar-refractivity contribution in [3.63, 3.8) is 0 Å². The number of rotatable bonds is 2. The van der Waals surface area contributed by atoms with Crippen molar-refractivity contribution in [1.29, 1.82) is 0 Å². The maximum atomic E-state index is 4.46. The summed E-state index contributed by atoms with van der Waals surface area (Å²) in [7, 11) is 0. The number of pyridine rings is 1. The van der Waals surface area contributed by atoms with Crippen LogP contribution >= 0.6 is 31.9 Å². The largest absolute Gasteiger partial charge is 0.258 e. The molecule has 1 nitrogen and oxygen atoms in total. The molecule has 0 aliphatic heterocycles. The maximum absolute atomic E-state index is 4.46. The van der Waals surface area contributed by atoms with Crippen LogP contribution in [0.2, 0.25) is 0 Å². The molecule has 0 saturated carbocycles. The van der Waals surface area contributed by atoms with Gasteiger partial charge in [0.2, 0.25) is 0 Å². The molecule has 66 valence electrons. The quantitative estimate of drug-likeness (QED) is 0.761. The zero-order valence-corrected chi connectivity index (χ0v) is 10.4. The first-order chi connectivity index (χ1) is 5.69. The van der Waals surface area contributed by atoms with E-state index in [0.717, 1.165) is 22.0 Å². The maximum Gasteiger partial charge on any atom is 0.0416 e. The van der Waals surface area contributed by atoms with E-state index in [9.17, 15) is 0 Å². The van der Waals surface area contributed by atoms with Crippen molar-refractivity contribution in [2.45, 2.75) is 24.5 Å². The molecule has 1 aromatic rings. The van der Waals surface area contributed by atoms with Crippen molar-refractivity contribution in [2.75, 3.05) is 0 Å². The molecule has 1 aromatic heterocycles. The number of aromatic nitrogens is 1.